The van der Waals surface area contributed by atoms with Gasteiger partial charge in [0.05, 0.1) is 5.69 Å². The maximum absolute atomic E-state index is 5.99. The monoisotopic (exact) mass is 207 g/mol. The first-order valence-electron chi connectivity index (χ1n) is 5.55. The van der Waals surface area contributed by atoms with Crippen LogP contribution in [-0.2, 0) is 0 Å². The average Bonchev–Trinajstić information content (AvgIpc) is 2.15. The second-order valence-electron chi connectivity index (χ2n) is 4.21. The first-order valence-corrected chi connectivity index (χ1v) is 5.55. The van der Waals surface area contributed by atoms with E-state index >= 15 is 0 Å². The SMILES string of the molecule is CCCN(c1ncc(C)cc1N)C(C)C. The summed E-state index contributed by atoms with van der Waals surface area (Å²) >= 11 is 0. The van der Waals surface area contributed by atoms with E-state index in [-0.39, 0.29) is 0 Å². The van der Waals surface area contributed by atoms with Crippen LogP contribution in [0.15, 0.2) is 12.3 Å². The highest BCUT2D eigenvalue weighted by Crippen LogP contribution is 2.22. The minimum absolute atomic E-state index is 0.433. The Morgan fingerprint density at radius 3 is 2.60 bits per heavy atom. The molecule has 2 N–H and O–H groups in total. The van der Waals surface area contributed by atoms with Gasteiger partial charge in [-0.3, -0.25) is 0 Å². The molecule has 0 aliphatic rings. The zero-order valence-electron chi connectivity index (χ0n) is 10.1. The Labute approximate surface area is 92.3 Å². The van der Waals surface area contributed by atoms with Gasteiger partial charge in [-0.05, 0) is 38.8 Å². The van der Waals surface area contributed by atoms with Crippen molar-refractivity contribution in [3.05, 3.63) is 17.8 Å². The molecule has 0 saturated carbocycles. The third kappa shape index (κ3) is 2.85. The van der Waals surface area contributed by atoms with Gasteiger partial charge in [0.1, 0.15) is 0 Å². The van der Waals surface area contributed by atoms with Crippen molar-refractivity contribution in [3.63, 3.8) is 0 Å². The van der Waals surface area contributed by atoms with Gasteiger partial charge in [-0.25, -0.2) is 4.98 Å². The van der Waals surface area contributed by atoms with Gasteiger partial charge in [0.25, 0.3) is 0 Å². The molecule has 1 rings (SSSR count). The van der Waals surface area contributed by atoms with Crippen molar-refractivity contribution in [2.45, 2.75) is 40.2 Å². The Morgan fingerprint density at radius 2 is 2.13 bits per heavy atom. The van der Waals surface area contributed by atoms with E-state index in [4.69, 9.17) is 5.73 Å². The van der Waals surface area contributed by atoms with Crippen LogP contribution in [0.1, 0.15) is 32.8 Å². The number of nitrogen functional groups attached to an aromatic ring is 1. The molecule has 0 aromatic carbocycles. The van der Waals surface area contributed by atoms with Crippen molar-refractivity contribution in [1.29, 1.82) is 0 Å². The van der Waals surface area contributed by atoms with Crippen LogP contribution in [0.2, 0.25) is 0 Å². The Hall–Kier alpha value is -1.25. The molecular weight excluding hydrogens is 186 g/mol. The second kappa shape index (κ2) is 5.01. The first-order chi connectivity index (χ1) is 7.06. The summed E-state index contributed by atoms with van der Waals surface area (Å²) in [6.45, 7) is 9.50. The number of pyridine rings is 1. The summed E-state index contributed by atoms with van der Waals surface area (Å²) in [6, 6.07) is 2.41. The predicted octanol–water partition coefficient (Wildman–Crippen LogP) is 2.60. The van der Waals surface area contributed by atoms with Gasteiger partial charge < -0.3 is 10.6 Å². The summed E-state index contributed by atoms with van der Waals surface area (Å²) in [7, 11) is 0. The number of anilines is 2. The molecule has 15 heavy (non-hydrogen) atoms. The largest absolute Gasteiger partial charge is 0.396 e. The van der Waals surface area contributed by atoms with E-state index in [1.807, 2.05) is 19.2 Å². The Balaban J connectivity index is 3.00. The van der Waals surface area contributed by atoms with Crippen LogP contribution in [0.3, 0.4) is 0 Å². The van der Waals surface area contributed by atoms with Gasteiger partial charge >= 0.3 is 0 Å². The fourth-order valence-corrected chi connectivity index (χ4v) is 1.67. The van der Waals surface area contributed by atoms with Gasteiger partial charge in [-0.2, -0.15) is 0 Å². The number of rotatable bonds is 4. The number of aromatic nitrogens is 1. The summed E-state index contributed by atoms with van der Waals surface area (Å²) < 4.78 is 0. The van der Waals surface area contributed by atoms with Crippen LogP contribution in [0.4, 0.5) is 11.5 Å². The van der Waals surface area contributed by atoms with Crippen molar-refractivity contribution >= 4 is 11.5 Å². The fraction of sp³-hybridized carbons (Fsp3) is 0.583. The molecule has 0 aliphatic heterocycles. The van der Waals surface area contributed by atoms with E-state index in [2.05, 4.69) is 30.7 Å². The third-order valence-electron chi connectivity index (χ3n) is 2.39. The highest BCUT2D eigenvalue weighted by atomic mass is 15.2. The van der Waals surface area contributed by atoms with E-state index in [0.717, 1.165) is 30.0 Å². The topological polar surface area (TPSA) is 42.2 Å². The summed E-state index contributed by atoms with van der Waals surface area (Å²) in [6.07, 6.45) is 2.98. The summed E-state index contributed by atoms with van der Waals surface area (Å²) in [5.41, 5.74) is 7.87. The zero-order chi connectivity index (χ0) is 11.4. The van der Waals surface area contributed by atoms with Crippen LogP contribution in [-0.4, -0.2) is 17.6 Å². The standard InChI is InChI=1S/C12H21N3/c1-5-6-15(9(2)3)12-11(13)7-10(4)8-14-12/h7-9H,5-6,13H2,1-4H3. The molecular formula is C12H21N3. The maximum Gasteiger partial charge on any atom is 0.152 e. The van der Waals surface area contributed by atoms with Gasteiger partial charge in [-0.15, -0.1) is 0 Å². The van der Waals surface area contributed by atoms with Crippen LogP contribution < -0.4 is 10.6 Å². The van der Waals surface area contributed by atoms with Crippen LogP contribution in [0.25, 0.3) is 0 Å². The minimum Gasteiger partial charge on any atom is -0.396 e. The van der Waals surface area contributed by atoms with E-state index in [0.29, 0.717) is 6.04 Å². The second-order valence-corrected chi connectivity index (χ2v) is 4.21. The number of nitrogens with zero attached hydrogens (tertiary/aromatic N) is 2. The molecule has 1 aromatic rings. The Morgan fingerprint density at radius 1 is 1.47 bits per heavy atom. The number of aryl methyl sites for hydroxylation is 1. The molecule has 0 atom stereocenters. The van der Waals surface area contributed by atoms with Crippen LogP contribution >= 0.6 is 0 Å². The zero-order valence-corrected chi connectivity index (χ0v) is 10.1. The molecule has 0 aliphatic carbocycles. The van der Waals surface area contributed by atoms with Gasteiger partial charge in [-0.1, -0.05) is 6.92 Å². The van der Waals surface area contributed by atoms with Crippen molar-refractivity contribution in [1.82, 2.24) is 4.98 Å². The Bertz CT molecular complexity index is 321. The fourth-order valence-electron chi connectivity index (χ4n) is 1.67. The molecule has 0 fully saturated rings. The summed E-state index contributed by atoms with van der Waals surface area (Å²) in [4.78, 5) is 6.66. The molecule has 0 unspecified atom stereocenters. The molecule has 3 nitrogen and oxygen atoms in total. The average molecular weight is 207 g/mol. The summed E-state index contributed by atoms with van der Waals surface area (Å²) in [5.74, 6) is 0.914. The molecule has 0 spiro atoms. The molecule has 1 heterocycles. The first kappa shape index (κ1) is 11.8. The van der Waals surface area contributed by atoms with Gasteiger partial charge in [0.2, 0.25) is 0 Å². The predicted molar refractivity (Wildman–Crippen MR) is 66.2 cm³/mol. The molecule has 0 amide bonds. The van der Waals surface area contributed by atoms with Crippen molar-refractivity contribution in [3.8, 4) is 0 Å². The van der Waals surface area contributed by atoms with E-state index < -0.39 is 0 Å². The van der Waals surface area contributed by atoms with Crippen molar-refractivity contribution < 1.29 is 0 Å². The van der Waals surface area contributed by atoms with Gasteiger partial charge in [0, 0.05) is 18.8 Å². The molecule has 0 radical (unpaired) electrons. The minimum atomic E-state index is 0.433. The lowest BCUT2D eigenvalue weighted by Gasteiger charge is -2.28. The van der Waals surface area contributed by atoms with E-state index in [1.165, 1.54) is 0 Å². The molecule has 0 saturated heterocycles. The van der Waals surface area contributed by atoms with Crippen LogP contribution in [0.5, 0.6) is 0 Å². The molecule has 3 heteroatoms. The third-order valence-corrected chi connectivity index (χ3v) is 2.39. The number of hydrogen-bond acceptors (Lipinski definition) is 3. The van der Waals surface area contributed by atoms with Crippen LogP contribution in [0, 0.1) is 6.92 Å². The van der Waals surface area contributed by atoms with Crippen molar-refractivity contribution in [2.75, 3.05) is 17.2 Å². The molecule has 84 valence electrons. The maximum atomic E-state index is 5.99. The van der Waals surface area contributed by atoms with E-state index in [9.17, 15) is 0 Å². The van der Waals surface area contributed by atoms with Crippen molar-refractivity contribution in [2.24, 2.45) is 0 Å². The molecule has 1 aromatic heterocycles. The highest BCUT2D eigenvalue weighted by Gasteiger charge is 2.13. The van der Waals surface area contributed by atoms with E-state index in [1.54, 1.807) is 0 Å². The smallest absolute Gasteiger partial charge is 0.152 e. The lowest BCUT2D eigenvalue weighted by molar-refractivity contribution is 0.663. The number of hydrogen-bond donors (Lipinski definition) is 1. The normalized spacial score (nSPS) is 10.7. The molecule has 0 bridgehead atoms. The summed E-state index contributed by atoms with van der Waals surface area (Å²) in [5, 5.41) is 0. The van der Waals surface area contributed by atoms with Gasteiger partial charge in [0.15, 0.2) is 5.82 Å². The Kier molecular flexibility index (Phi) is 3.95. The quantitative estimate of drug-likeness (QED) is 0.825. The number of nitrogens with two attached hydrogens (primary N) is 1. The lowest BCUT2D eigenvalue weighted by atomic mass is 10.2. The highest BCUT2D eigenvalue weighted by molar-refractivity contribution is 5.63. The lowest BCUT2D eigenvalue weighted by Crippen LogP contribution is -2.32.